The summed E-state index contributed by atoms with van der Waals surface area (Å²) in [6.45, 7) is 10.4. The van der Waals surface area contributed by atoms with E-state index in [0.29, 0.717) is 19.6 Å². The summed E-state index contributed by atoms with van der Waals surface area (Å²) in [6, 6.07) is 6.57. The highest BCUT2D eigenvalue weighted by atomic mass is 16.5. The number of hydrogen-bond donors (Lipinski definition) is 0. The van der Waals surface area contributed by atoms with Crippen LogP contribution in [0.5, 0.6) is 0 Å². The number of amides is 1. The zero-order valence-corrected chi connectivity index (χ0v) is 13.7. The second kappa shape index (κ2) is 6.61. The monoisotopic (exact) mass is 289 g/mol. The Morgan fingerprint density at radius 3 is 2.71 bits per heavy atom. The van der Waals surface area contributed by atoms with E-state index in [1.165, 1.54) is 16.7 Å². The molecule has 1 aromatic carbocycles. The Balaban J connectivity index is 1.85. The van der Waals surface area contributed by atoms with Gasteiger partial charge in [-0.2, -0.15) is 0 Å². The fourth-order valence-electron chi connectivity index (χ4n) is 2.86. The standard InChI is InChI=1S/C18H27NO2/c1-14-8-9-16(12-15(14)2)6-5-7-17(20)19-10-11-21-13-18(19,3)4/h8-9,12H,5-7,10-11,13H2,1-4H3. The number of benzene rings is 1. The van der Waals surface area contributed by atoms with Gasteiger partial charge >= 0.3 is 0 Å². The molecule has 116 valence electrons. The molecule has 0 radical (unpaired) electrons. The summed E-state index contributed by atoms with van der Waals surface area (Å²) < 4.78 is 5.47. The molecule has 1 aliphatic rings. The van der Waals surface area contributed by atoms with Crippen LogP contribution in [0.4, 0.5) is 0 Å². The summed E-state index contributed by atoms with van der Waals surface area (Å²) in [7, 11) is 0. The van der Waals surface area contributed by atoms with E-state index in [2.05, 4.69) is 45.9 Å². The third-order valence-corrected chi connectivity index (χ3v) is 4.37. The minimum Gasteiger partial charge on any atom is -0.377 e. The van der Waals surface area contributed by atoms with E-state index in [1.54, 1.807) is 0 Å². The van der Waals surface area contributed by atoms with Gasteiger partial charge in [-0.1, -0.05) is 18.2 Å². The number of aryl methyl sites for hydroxylation is 3. The molecular formula is C18H27NO2. The normalized spacial score (nSPS) is 17.8. The zero-order chi connectivity index (χ0) is 15.5. The number of morpholine rings is 1. The second-order valence-corrected chi connectivity index (χ2v) is 6.68. The van der Waals surface area contributed by atoms with Crippen molar-refractivity contribution >= 4 is 5.91 Å². The molecule has 2 rings (SSSR count). The molecule has 3 nitrogen and oxygen atoms in total. The molecule has 0 aliphatic carbocycles. The topological polar surface area (TPSA) is 29.5 Å². The molecule has 21 heavy (non-hydrogen) atoms. The first-order valence-electron chi connectivity index (χ1n) is 7.84. The van der Waals surface area contributed by atoms with Gasteiger partial charge in [0.25, 0.3) is 0 Å². The molecule has 1 aromatic rings. The van der Waals surface area contributed by atoms with Crippen molar-refractivity contribution in [3.63, 3.8) is 0 Å². The third-order valence-electron chi connectivity index (χ3n) is 4.37. The number of hydrogen-bond acceptors (Lipinski definition) is 2. The van der Waals surface area contributed by atoms with E-state index in [-0.39, 0.29) is 11.4 Å². The van der Waals surface area contributed by atoms with Crippen LogP contribution in [-0.4, -0.2) is 36.1 Å². The van der Waals surface area contributed by atoms with Gasteiger partial charge in [0, 0.05) is 13.0 Å². The number of carbonyl (C=O) groups is 1. The van der Waals surface area contributed by atoms with Crippen LogP contribution in [0.1, 0.15) is 43.4 Å². The van der Waals surface area contributed by atoms with E-state index in [9.17, 15) is 4.79 Å². The molecule has 1 saturated heterocycles. The molecular weight excluding hydrogens is 262 g/mol. The second-order valence-electron chi connectivity index (χ2n) is 6.68. The first-order chi connectivity index (χ1) is 9.90. The van der Waals surface area contributed by atoms with Crippen LogP contribution in [0, 0.1) is 13.8 Å². The van der Waals surface area contributed by atoms with Crippen LogP contribution in [0.2, 0.25) is 0 Å². The summed E-state index contributed by atoms with van der Waals surface area (Å²) >= 11 is 0. The largest absolute Gasteiger partial charge is 0.377 e. The predicted octanol–water partition coefficient (Wildman–Crippen LogP) is 3.26. The molecule has 0 N–H and O–H groups in total. The maximum absolute atomic E-state index is 12.4. The number of carbonyl (C=O) groups excluding carboxylic acids is 1. The minimum atomic E-state index is -0.171. The summed E-state index contributed by atoms with van der Waals surface area (Å²) in [5.41, 5.74) is 3.81. The van der Waals surface area contributed by atoms with Crippen LogP contribution in [0.3, 0.4) is 0 Å². The van der Waals surface area contributed by atoms with E-state index >= 15 is 0 Å². The van der Waals surface area contributed by atoms with Gasteiger partial charge in [-0.15, -0.1) is 0 Å². The highest BCUT2D eigenvalue weighted by Gasteiger charge is 2.33. The lowest BCUT2D eigenvalue weighted by Crippen LogP contribution is -2.55. The molecule has 0 spiro atoms. The van der Waals surface area contributed by atoms with Crippen LogP contribution in [0.25, 0.3) is 0 Å². The first-order valence-corrected chi connectivity index (χ1v) is 7.84. The molecule has 0 atom stereocenters. The molecule has 1 fully saturated rings. The lowest BCUT2D eigenvalue weighted by Gasteiger charge is -2.42. The number of nitrogens with zero attached hydrogens (tertiary/aromatic N) is 1. The Morgan fingerprint density at radius 1 is 1.29 bits per heavy atom. The molecule has 0 bridgehead atoms. The Kier molecular flexibility index (Phi) is 5.04. The van der Waals surface area contributed by atoms with Crippen molar-refractivity contribution in [3.05, 3.63) is 34.9 Å². The molecule has 0 saturated carbocycles. The third kappa shape index (κ3) is 4.07. The maximum atomic E-state index is 12.4. The van der Waals surface area contributed by atoms with E-state index in [1.807, 2.05) is 4.90 Å². The van der Waals surface area contributed by atoms with Gasteiger partial charge in [0.1, 0.15) is 0 Å². The lowest BCUT2D eigenvalue weighted by molar-refractivity contribution is -0.146. The molecule has 1 aliphatic heterocycles. The lowest BCUT2D eigenvalue weighted by atomic mass is 10.00. The van der Waals surface area contributed by atoms with Gasteiger partial charge in [0.2, 0.25) is 5.91 Å². The zero-order valence-electron chi connectivity index (χ0n) is 13.7. The first kappa shape index (κ1) is 16.0. The SMILES string of the molecule is Cc1ccc(CCCC(=O)N2CCOCC2(C)C)cc1C. The van der Waals surface area contributed by atoms with Gasteiger partial charge in [-0.25, -0.2) is 0 Å². The molecule has 0 unspecified atom stereocenters. The van der Waals surface area contributed by atoms with E-state index in [4.69, 9.17) is 4.74 Å². The quantitative estimate of drug-likeness (QED) is 0.851. The van der Waals surface area contributed by atoms with Crippen LogP contribution >= 0.6 is 0 Å². The fraction of sp³-hybridized carbons (Fsp3) is 0.611. The maximum Gasteiger partial charge on any atom is 0.223 e. The van der Waals surface area contributed by atoms with Gasteiger partial charge < -0.3 is 9.64 Å². The summed E-state index contributed by atoms with van der Waals surface area (Å²) in [5.74, 6) is 0.257. The molecule has 1 amide bonds. The van der Waals surface area contributed by atoms with E-state index < -0.39 is 0 Å². The number of rotatable bonds is 4. The Labute approximate surface area is 128 Å². The Hall–Kier alpha value is -1.35. The van der Waals surface area contributed by atoms with Crippen molar-refractivity contribution in [2.45, 2.75) is 52.5 Å². The van der Waals surface area contributed by atoms with Crippen molar-refractivity contribution in [2.75, 3.05) is 19.8 Å². The molecule has 1 heterocycles. The molecule has 0 aromatic heterocycles. The van der Waals surface area contributed by atoms with Gasteiger partial charge in [0.05, 0.1) is 18.8 Å². The summed E-state index contributed by atoms with van der Waals surface area (Å²) in [5, 5.41) is 0. The van der Waals surface area contributed by atoms with Crippen molar-refractivity contribution in [2.24, 2.45) is 0 Å². The van der Waals surface area contributed by atoms with Crippen molar-refractivity contribution in [3.8, 4) is 0 Å². The summed E-state index contributed by atoms with van der Waals surface area (Å²) in [4.78, 5) is 14.4. The Morgan fingerprint density at radius 2 is 2.05 bits per heavy atom. The average molecular weight is 289 g/mol. The van der Waals surface area contributed by atoms with E-state index in [0.717, 1.165) is 19.4 Å². The van der Waals surface area contributed by atoms with Crippen molar-refractivity contribution in [1.82, 2.24) is 4.90 Å². The van der Waals surface area contributed by atoms with Gasteiger partial charge in [-0.05, 0) is 57.2 Å². The van der Waals surface area contributed by atoms with Crippen LogP contribution in [-0.2, 0) is 16.0 Å². The smallest absolute Gasteiger partial charge is 0.223 e. The van der Waals surface area contributed by atoms with Gasteiger partial charge in [-0.3, -0.25) is 4.79 Å². The molecule has 3 heteroatoms. The van der Waals surface area contributed by atoms with Crippen molar-refractivity contribution in [1.29, 1.82) is 0 Å². The minimum absolute atomic E-state index is 0.171. The summed E-state index contributed by atoms with van der Waals surface area (Å²) in [6.07, 6.45) is 2.50. The Bertz CT molecular complexity index is 508. The van der Waals surface area contributed by atoms with Gasteiger partial charge in [0.15, 0.2) is 0 Å². The van der Waals surface area contributed by atoms with Crippen LogP contribution < -0.4 is 0 Å². The average Bonchev–Trinajstić information content (AvgIpc) is 2.42. The fourth-order valence-corrected chi connectivity index (χ4v) is 2.86. The van der Waals surface area contributed by atoms with Crippen molar-refractivity contribution < 1.29 is 9.53 Å². The highest BCUT2D eigenvalue weighted by molar-refractivity contribution is 5.77. The predicted molar refractivity (Wildman–Crippen MR) is 85.5 cm³/mol. The highest BCUT2D eigenvalue weighted by Crippen LogP contribution is 2.21. The van der Waals surface area contributed by atoms with Crippen LogP contribution in [0.15, 0.2) is 18.2 Å². The number of ether oxygens (including phenoxy) is 1.